The van der Waals surface area contributed by atoms with Crippen molar-refractivity contribution < 1.29 is 9.59 Å². The molecule has 1 N–H and O–H groups in total. The molecule has 0 bridgehead atoms. The molecular formula is C24H22N2O2. The molecule has 0 saturated heterocycles. The SMILES string of the molecule is O=C(CCC(=O)N1CC(c2ccccc2)Nc2ccccc21)c1ccccc1. The highest BCUT2D eigenvalue weighted by atomic mass is 16.2. The van der Waals surface area contributed by atoms with Gasteiger partial charge >= 0.3 is 0 Å². The van der Waals surface area contributed by atoms with Crippen molar-refractivity contribution in [3.63, 3.8) is 0 Å². The summed E-state index contributed by atoms with van der Waals surface area (Å²) in [6.07, 6.45) is 0.411. The van der Waals surface area contributed by atoms with Crippen LogP contribution in [0.3, 0.4) is 0 Å². The van der Waals surface area contributed by atoms with Crippen molar-refractivity contribution in [3.05, 3.63) is 96.1 Å². The number of hydrogen-bond donors (Lipinski definition) is 1. The number of amides is 1. The number of nitrogens with one attached hydrogen (secondary N) is 1. The fraction of sp³-hybridized carbons (Fsp3) is 0.167. The summed E-state index contributed by atoms with van der Waals surface area (Å²) in [6, 6.07) is 27.1. The molecule has 1 amide bonds. The first-order valence-corrected chi connectivity index (χ1v) is 9.51. The van der Waals surface area contributed by atoms with E-state index in [1.807, 2.05) is 65.6 Å². The van der Waals surface area contributed by atoms with Gasteiger partial charge in [-0.25, -0.2) is 0 Å². The topological polar surface area (TPSA) is 49.4 Å². The van der Waals surface area contributed by atoms with Crippen molar-refractivity contribution >= 4 is 23.1 Å². The Balaban J connectivity index is 1.52. The maximum atomic E-state index is 13.0. The van der Waals surface area contributed by atoms with Crippen LogP contribution in [0, 0.1) is 0 Å². The minimum absolute atomic E-state index is 0.00280. The van der Waals surface area contributed by atoms with Gasteiger partial charge in [0.05, 0.1) is 24.0 Å². The maximum Gasteiger partial charge on any atom is 0.227 e. The Labute approximate surface area is 164 Å². The van der Waals surface area contributed by atoms with Crippen molar-refractivity contribution in [2.75, 3.05) is 16.8 Å². The lowest BCUT2D eigenvalue weighted by molar-refractivity contribution is -0.118. The van der Waals surface area contributed by atoms with Gasteiger partial charge in [0.25, 0.3) is 0 Å². The maximum absolute atomic E-state index is 13.0. The molecule has 1 unspecified atom stereocenters. The number of carbonyl (C=O) groups excluding carboxylic acids is 2. The molecule has 3 aromatic rings. The zero-order valence-electron chi connectivity index (χ0n) is 15.5. The molecule has 0 saturated carbocycles. The molecule has 4 rings (SSSR count). The van der Waals surface area contributed by atoms with E-state index in [1.165, 1.54) is 0 Å². The van der Waals surface area contributed by atoms with E-state index in [9.17, 15) is 9.59 Å². The highest BCUT2D eigenvalue weighted by Crippen LogP contribution is 2.36. The standard InChI is InChI=1S/C24H22N2O2/c27-23(19-11-5-2-6-12-19)15-16-24(28)26-17-21(18-9-3-1-4-10-18)25-20-13-7-8-14-22(20)26/h1-14,21,25H,15-17H2. The lowest BCUT2D eigenvalue weighted by Crippen LogP contribution is -2.40. The Morgan fingerprint density at radius 1 is 0.821 bits per heavy atom. The molecule has 0 aliphatic carbocycles. The van der Waals surface area contributed by atoms with Gasteiger partial charge in [0.2, 0.25) is 5.91 Å². The van der Waals surface area contributed by atoms with E-state index >= 15 is 0 Å². The van der Waals surface area contributed by atoms with Gasteiger partial charge < -0.3 is 10.2 Å². The summed E-state index contributed by atoms with van der Waals surface area (Å²) in [7, 11) is 0. The van der Waals surface area contributed by atoms with Crippen LogP contribution in [0.4, 0.5) is 11.4 Å². The van der Waals surface area contributed by atoms with E-state index in [0.717, 1.165) is 16.9 Å². The van der Waals surface area contributed by atoms with Crippen LogP contribution in [-0.2, 0) is 4.79 Å². The molecule has 1 aliphatic heterocycles. The normalized spacial score (nSPS) is 15.4. The molecular weight excluding hydrogens is 348 g/mol. The number of carbonyl (C=O) groups is 2. The molecule has 4 heteroatoms. The third kappa shape index (κ3) is 3.81. The van der Waals surface area contributed by atoms with Gasteiger partial charge in [0.1, 0.15) is 0 Å². The fourth-order valence-corrected chi connectivity index (χ4v) is 3.58. The first-order valence-electron chi connectivity index (χ1n) is 9.51. The number of anilines is 2. The van der Waals surface area contributed by atoms with Gasteiger partial charge in [-0.05, 0) is 17.7 Å². The average molecular weight is 370 g/mol. The van der Waals surface area contributed by atoms with E-state index in [4.69, 9.17) is 0 Å². The number of Topliss-reactive ketones (excluding diaryl/α,β-unsaturated/α-hetero) is 1. The van der Waals surface area contributed by atoms with Crippen LogP contribution in [0.5, 0.6) is 0 Å². The van der Waals surface area contributed by atoms with Crippen molar-refractivity contribution in [3.8, 4) is 0 Å². The van der Waals surface area contributed by atoms with Crippen LogP contribution < -0.4 is 10.2 Å². The number of rotatable bonds is 5. The van der Waals surface area contributed by atoms with Crippen LogP contribution >= 0.6 is 0 Å². The zero-order chi connectivity index (χ0) is 19.3. The number of nitrogens with zero attached hydrogens (tertiary/aromatic N) is 1. The minimum Gasteiger partial charge on any atom is -0.375 e. The van der Waals surface area contributed by atoms with Crippen LogP contribution in [0.25, 0.3) is 0 Å². The average Bonchev–Trinajstić information content (AvgIpc) is 2.77. The van der Waals surface area contributed by atoms with Crippen LogP contribution in [0.1, 0.15) is 34.8 Å². The van der Waals surface area contributed by atoms with Gasteiger partial charge in [-0.15, -0.1) is 0 Å². The summed E-state index contributed by atoms with van der Waals surface area (Å²) < 4.78 is 0. The highest BCUT2D eigenvalue weighted by Gasteiger charge is 2.28. The molecule has 0 radical (unpaired) electrons. The monoisotopic (exact) mass is 370 g/mol. The number of hydrogen-bond acceptors (Lipinski definition) is 3. The molecule has 28 heavy (non-hydrogen) atoms. The third-order valence-electron chi connectivity index (χ3n) is 5.05. The Morgan fingerprint density at radius 3 is 2.21 bits per heavy atom. The van der Waals surface area contributed by atoms with Gasteiger partial charge in [0.15, 0.2) is 5.78 Å². The summed E-state index contributed by atoms with van der Waals surface area (Å²) in [6.45, 7) is 0.541. The lowest BCUT2D eigenvalue weighted by Gasteiger charge is -2.36. The molecule has 0 fully saturated rings. The van der Waals surface area contributed by atoms with E-state index in [1.54, 1.807) is 12.1 Å². The predicted octanol–water partition coefficient (Wildman–Crippen LogP) is 4.85. The number of ketones is 1. The Bertz CT molecular complexity index is 970. The Hall–Kier alpha value is -3.40. The molecule has 3 aromatic carbocycles. The van der Waals surface area contributed by atoms with Crippen LogP contribution in [-0.4, -0.2) is 18.2 Å². The van der Waals surface area contributed by atoms with Crippen molar-refractivity contribution in [1.82, 2.24) is 0 Å². The lowest BCUT2D eigenvalue weighted by atomic mass is 10.0. The van der Waals surface area contributed by atoms with Crippen molar-refractivity contribution in [2.45, 2.75) is 18.9 Å². The largest absolute Gasteiger partial charge is 0.375 e. The summed E-state index contributed by atoms with van der Waals surface area (Å²) in [5.74, 6) is -0.0314. The molecule has 1 aliphatic rings. The Morgan fingerprint density at radius 2 is 1.46 bits per heavy atom. The first-order chi connectivity index (χ1) is 13.7. The first kappa shape index (κ1) is 18.0. The highest BCUT2D eigenvalue weighted by molar-refractivity contribution is 6.02. The van der Waals surface area contributed by atoms with Crippen molar-refractivity contribution in [1.29, 1.82) is 0 Å². The van der Waals surface area contributed by atoms with Gasteiger partial charge in [-0.3, -0.25) is 9.59 Å². The van der Waals surface area contributed by atoms with E-state index in [-0.39, 0.29) is 30.6 Å². The van der Waals surface area contributed by atoms with Gasteiger partial charge in [-0.1, -0.05) is 72.8 Å². The van der Waals surface area contributed by atoms with Crippen LogP contribution in [0.15, 0.2) is 84.9 Å². The van der Waals surface area contributed by atoms with E-state index in [0.29, 0.717) is 12.1 Å². The minimum atomic E-state index is -0.0286. The zero-order valence-corrected chi connectivity index (χ0v) is 15.5. The fourth-order valence-electron chi connectivity index (χ4n) is 3.58. The number of benzene rings is 3. The third-order valence-corrected chi connectivity index (χ3v) is 5.05. The Kier molecular flexibility index (Phi) is 5.20. The summed E-state index contributed by atoms with van der Waals surface area (Å²) in [4.78, 5) is 27.2. The molecule has 4 nitrogen and oxygen atoms in total. The second-order valence-corrected chi connectivity index (χ2v) is 6.92. The molecule has 1 atom stereocenters. The second-order valence-electron chi connectivity index (χ2n) is 6.92. The van der Waals surface area contributed by atoms with Crippen LogP contribution in [0.2, 0.25) is 0 Å². The van der Waals surface area contributed by atoms with Gasteiger partial charge in [-0.2, -0.15) is 0 Å². The summed E-state index contributed by atoms with van der Waals surface area (Å²) in [5.41, 5.74) is 3.59. The second kappa shape index (κ2) is 8.09. The van der Waals surface area contributed by atoms with Gasteiger partial charge in [0, 0.05) is 18.4 Å². The molecule has 0 aromatic heterocycles. The number of fused-ring (bicyclic) bond motifs is 1. The summed E-state index contributed by atoms with van der Waals surface area (Å²) >= 11 is 0. The quantitative estimate of drug-likeness (QED) is 0.653. The van der Waals surface area contributed by atoms with E-state index < -0.39 is 0 Å². The number of para-hydroxylation sites is 2. The molecule has 140 valence electrons. The molecule has 0 spiro atoms. The molecule has 1 heterocycles. The van der Waals surface area contributed by atoms with Crippen molar-refractivity contribution in [2.24, 2.45) is 0 Å². The summed E-state index contributed by atoms with van der Waals surface area (Å²) in [5, 5.41) is 3.53. The van der Waals surface area contributed by atoms with E-state index in [2.05, 4.69) is 17.4 Å². The predicted molar refractivity (Wildman–Crippen MR) is 112 cm³/mol. The smallest absolute Gasteiger partial charge is 0.227 e.